The van der Waals surface area contributed by atoms with E-state index in [4.69, 9.17) is 4.74 Å². The molecule has 1 saturated heterocycles. The van der Waals surface area contributed by atoms with E-state index in [0.717, 1.165) is 11.1 Å². The number of hydrogen-bond acceptors (Lipinski definition) is 5. The van der Waals surface area contributed by atoms with Crippen LogP contribution in [0.1, 0.15) is 36.9 Å². The Morgan fingerprint density at radius 2 is 2.03 bits per heavy atom. The van der Waals surface area contributed by atoms with Crippen molar-refractivity contribution in [2.75, 3.05) is 14.2 Å². The second-order valence-corrected chi connectivity index (χ2v) is 7.41. The van der Waals surface area contributed by atoms with E-state index in [2.05, 4.69) is 10.3 Å². The van der Waals surface area contributed by atoms with Crippen LogP contribution in [0.25, 0.3) is 0 Å². The number of ether oxygens (including phenoxy) is 1. The summed E-state index contributed by atoms with van der Waals surface area (Å²) < 4.78 is 5.23. The fourth-order valence-electron chi connectivity index (χ4n) is 4.25. The number of likely N-dealkylation sites (tertiary alicyclic amines) is 1. The van der Waals surface area contributed by atoms with Gasteiger partial charge in [-0.1, -0.05) is 25.1 Å². The second kappa shape index (κ2) is 8.61. The molecule has 1 aromatic carbocycles. The number of carboxylic acid groups (broad SMARTS) is 1. The lowest BCUT2D eigenvalue weighted by molar-refractivity contribution is -0.150. The predicted octanol–water partition coefficient (Wildman–Crippen LogP) is 2.63. The molecule has 7 nitrogen and oxygen atoms in total. The van der Waals surface area contributed by atoms with E-state index in [-0.39, 0.29) is 18.4 Å². The van der Waals surface area contributed by atoms with E-state index in [1.54, 1.807) is 26.6 Å². The molecule has 2 aromatic rings. The molecule has 1 aliphatic heterocycles. The van der Waals surface area contributed by atoms with Crippen LogP contribution in [0.5, 0.6) is 5.75 Å². The molecular weight excluding hydrogens is 370 g/mol. The van der Waals surface area contributed by atoms with Crippen molar-refractivity contribution < 1.29 is 19.4 Å². The van der Waals surface area contributed by atoms with E-state index < -0.39 is 17.4 Å². The summed E-state index contributed by atoms with van der Waals surface area (Å²) in [5, 5.41) is 12.9. The van der Waals surface area contributed by atoms with E-state index in [1.807, 2.05) is 48.2 Å². The van der Waals surface area contributed by atoms with Gasteiger partial charge < -0.3 is 15.2 Å². The number of likely N-dealkylation sites (N-methyl/N-ethyl adjacent to an activating group) is 1. The van der Waals surface area contributed by atoms with Crippen LogP contribution >= 0.6 is 0 Å². The van der Waals surface area contributed by atoms with Crippen LogP contribution in [0.2, 0.25) is 0 Å². The smallest absolute Gasteiger partial charge is 0.324 e. The highest BCUT2D eigenvalue weighted by Gasteiger charge is 2.56. The number of carboxylic acids is 1. The van der Waals surface area contributed by atoms with Crippen LogP contribution < -0.4 is 10.1 Å². The summed E-state index contributed by atoms with van der Waals surface area (Å²) in [4.78, 5) is 31.2. The van der Waals surface area contributed by atoms with Crippen molar-refractivity contribution in [2.45, 2.75) is 37.9 Å². The number of nitrogens with one attached hydrogen (secondary N) is 1. The first kappa shape index (κ1) is 20.8. The highest BCUT2D eigenvalue weighted by Crippen LogP contribution is 2.47. The lowest BCUT2D eigenvalue weighted by Crippen LogP contribution is -2.48. The lowest BCUT2D eigenvalue weighted by atomic mass is 9.87. The van der Waals surface area contributed by atoms with Gasteiger partial charge in [0.2, 0.25) is 5.91 Å². The predicted molar refractivity (Wildman–Crippen MR) is 108 cm³/mol. The molecule has 1 aromatic heterocycles. The van der Waals surface area contributed by atoms with Gasteiger partial charge in [0.25, 0.3) is 0 Å². The first-order valence-electron chi connectivity index (χ1n) is 9.70. The molecule has 0 radical (unpaired) electrons. The van der Waals surface area contributed by atoms with Crippen LogP contribution in [-0.2, 0) is 16.1 Å². The Bertz CT molecular complexity index is 856. The molecule has 1 aliphatic rings. The minimum atomic E-state index is -1.08. The summed E-state index contributed by atoms with van der Waals surface area (Å²) in [7, 11) is 3.39. The number of carbonyl (C=O) groups is 2. The third kappa shape index (κ3) is 3.96. The van der Waals surface area contributed by atoms with Gasteiger partial charge in [0, 0.05) is 25.0 Å². The van der Waals surface area contributed by atoms with Crippen molar-refractivity contribution in [3.8, 4) is 5.75 Å². The third-order valence-corrected chi connectivity index (χ3v) is 6.00. The molecular formula is C22H27N3O4. The molecule has 0 aliphatic carbocycles. The minimum Gasteiger partial charge on any atom is -0.497 e. The number of methoxy groups -OCH3 is 1. The molecule has 3 rings (SSSR count). The molecule has 7 heteroatoms. The standard InChI is InChI=1S/C22H27N3O4/c1-4-22(21(27)28)12-18(20(26)24-14-15-6-5-11-23-13-15)19(25(22)2)16-7-9-17(29-3)10-8-16/h5-11,13,18-19H,4,12,14H2,1-3H3,(H,24,26)(H,27,28)/t18-,19-,22-/m1/s1. The number of benzene rings is 1. The Balaban J connectivity index is 1.89. The van der Waals surface area contributed by atoms with Crippen molar-refractivity contribution in [2.24, 2.45) is 5.92 Å². The van der Waals surface area contributed by atoms with Crippen molar-refractivity contribution >= 4 is 11.9 Å². The molecule has 2 N–H and O–H groups in total. The maximum absolute atomic E-state index is 13.1. The number of pyridine rings is 1. The maximum atomic E-state index is 13.1. The fourth-order valence-corrected chi connectivity index (χ4v) is 4.25. The van der Waals surface area contributed by atoms with Crippen LogP contribution in [0.15, 0.2) is 48.8 Å². The van der Waals surface area contributed by atoms with Crippen molar-refractivity contribution in [1.29, 1.82) is 0 Å². The van der Waals surface area contributed by atoms with Crippen molar-refractivity contribution in [3.05, 3.63) is 59.9 Å². The van der Waals surface area contributed by atoms with Gasteiger partial charge in [-0.3, -0.25) is 19.5 Å². The van der Waals surface area contributed by atoms with Crippen molar-refractivity contribution in [3.63, 3.8) is 0 Å². The summed E-state index contributed by atoms with van der Waals surface area (Å²) in [6.07, 6.45) is 4.05. The fraction of sp³-hybridized carbons (Fsp3) is 0.409. The second-order valence-electron chi connectivity index (χ2n) is 7.41. The lowest BCUT2D eigenvalue weighted by Gasteiger charge is -2.34. The summed E-state index contributed by atoms with van der Waals surface area (Å²) >= 11 is 0. The summed E-state index contributed by atoms with van der Waals surface area (Å²) in [5.74, 6) is -0.824. The van der Waals surface area contributed by atoms with Crippen LogP contribution in [0, 0.1) is 5.92 Å². The minimum absolute atomic E-state index is 0.155. The Hall–Kier alpha value is -2.93. The van der Waals surface area contributed by atoms with Crippen molar-refractivity contribution in [1.82, 2.24) is 15.2 Å². The summed E-state index contributed by atoms with van der Waals surface area (Å²) in [6, 6.07) is 10.8. The molecule has 2 heterocycles. The molecule has 154 valence electrons. The van der Waals surface area contributed by atoms with Crippen LogP contribution in [-0.4, -0.2) is 46.6 Å². The Morgan fingerprint density at radius 1 is 1.31 bits per heavy atom. The topological polar surface area (TPSA) is 91.8 Å². The summed E-state index contributed by atoms with van der Waals surface area (Å²) in [5.41, 5.74) is 0.709. The Morgan fingerprint density at radius 3 is 2.59 bits per heavy atom. The number of nitrogens with zero attached hydrogens (tertiary/aromatic N) is 2. The molecule has 29 heavy (non-hydrogen) atoms. The quantitative estimate of drug-likeness (QED) is 0.746. The maximum Gasteiger partial charge on any atom is 0.324 e. The number of rotatable bonds is 7. The molecule has 0 unspecified atom stereocenters. The average Bonchev–Trinajstić information content (AvgIpc) is 3.06. The van der Waals surface area contributed by atoms with E-state index in [0.29, 0.717) is 18.7 Å². The third-order valence-electron chi connectivity index (χ3n) is 6.00. The van der Waals surface area contributed by atoms with Gasteiger partial charge in [-0.05, 0) is 49.2 Å². The van der Waals surface area contributed by atoms with Crippen LogP contribution in [0.4, 0.5) is 0 Å². The van der Waals surface area contributed by atoms with Gasteiger partial charge in [-0.15, -0.1) is 0 Å². The zero-order chi connectivity index (χ0) is 21.0. The first-order valence-corrected chi connectivity index (χ1v) is 9.70. The molecule has 1 amide bonds. The van der Waals surface area contributed by atoms with E-state index >= 15 is 0 Å². The van der Waals surface area contributed by atoms with E-state index in [9.17, 15) is 14.7 Å². The Kier molecular flexibility index (Phi) is 6.17. The molecule has 1 fully saturated rings. The largest absolute Gasteiger partial charge is 0.497 e. The van der Waals surface area contributed by atoms with Gasteiger partial charge in [-0.2, -0.15) is 0 Å². The first-order chi connectivity index (χ1) is 13.9. The normalized spacial score (nSPS) is 24.2. The van der Waals surface area contributed by atoms with Gasteiger partial charge in [0.15, 0.2) is 0 Å². The number of aromatic nitrogens is 1. The number of hydrogen-bond donors (Lipinski definition) is 2. The van der Waals surface area contributed by atoms with Gasteiger partial charge in [0.05, 0.1) is 13.0 Å². The molecule has 0 saturated carbocycles. The van der Waals surface area contributed by atoms with Gasteiger partial charge in [-0.25, -0.2) is 0 Å². The molecule has 0 bridgehead atoms. The molecule has 3 atom stereocenters. The highest BCUT2D eigenvalue weighted by molar-refractivity contribution is 5.85. The average molecular weight is 397 g/mol. The van der Waals surface area contributed by atoms with Gasteiger partial charge >= 0.3 is 5.97 Å². The highest BCUT2D eigenvalue weighted by atomic mass is 16.5. The summed E-state index contributed by atoms with van der Waals surface area (Å²) in [6.45, 7) is 2.21. The van der Waals surface area contributed by atoms with E-state index in [1.165, 1.54) is 0 Å². The number of aliphatic carboxylic acids is 1. The molecule has 0 spiro atoms. The SMILES string of the molecule is CC[C@]1(C(=O)O)C[C@@H](C(=O)NCc2cccnc2)[C@@H](c2ccc(OC)cc2)N1C. The van der Waals surface area contributed by atoms with Crippen LogP contribution in [0.3, 0.4) is 0 Å². The van der Waals surface area contributed by atoms with Gasteiger partial charge in [0.1, 0.15) is 11.3 Å². The number of amides is 1. The number of carbonyl (C=O) groups excluding carboxylic acids is 1. The Labute approximate surface area is 170 Å². The monoisotopic (exact) mass is 397 g/mol. The zero-order valence-corrected chi connectivity index (χ0v) is 17.0. The zero-order valence-electron chi connectivity index (χ0n) is 17.0.